The topological polar surface area (TPSA) is 139 Å². The van der Waals surface area contributed by atoms with Crippen molar-refractivity contribution in [1.29, 1.82) is 0 Å². The molecule has 0 aliphatic carbocycles. The molecule has 0 spiro atoms. The van der Waals surface area contributed by atoms with E-state index < -0.39 is 30.4 Å². The minimum atomic E-state index is -2.19. The summed E-state index contributed by atoms with van der Waals surface area (Å²) in [4.78, 5) is 35.6. The van der Waals surface area contributed by atoms with Crippen molar-refractivity contribution < 1.29 is 38.3 Å². The number of carbonyl (C=O) groups is 2. The molecule has 0 radical (unpaired) electrons. The van der Waals surface area contributed by atoms with Crippen LogP contribution in [-0.4, -0.2) is 11.9 Å². The maximum atomic E-state index is 8.93. The third-order valence-electron chi connectivity index (χ3n) is 0.218. The van der Waals surface area contributed by atoms with Gasteiger partial charge in [-0.05, 0) is 0 Å². The van der Waals surface area contributed by atoms with E-state index in [0.29, 0.717) is 0 Å². The van der Waals surface area contributed by atoms with Gasteiger partial charge in [-0.3, -0.25) is 0 Å². The van der Waals surface area contributed by atoms with Gasteiger partial charge < -0.3 is 19.8 Å². The minimum absolute atomic E-state index is 0.817. The Balaban J connectivity index is 0. The van der Waals surface area contributed by atoms with Crippen LogP contribution in [0.15, 0.2) is 7.62 Å². The molecule has 0 aromatic carbocycles. The van der Waals surface area contributed by atoms with E-state index in [4.69, 9.17) is 29.6 Å². The van der Waals surface area contributed by atoms with E-state index in [1.807, 2.05) is 0 Å². The molecule has 0 bridgehead atoms. The van der Waals surface area contributed by atoms with Gasteiger partial charge in [-0.2, -0.15) is 0 Å². The monoisotopic (exact) mass is 254 g/mol. The molecule has 0 N–H and O–H groups in total. The fraction of sp³-hybridized carbons (Fsp3) is 0. The van der Waals surface area contributed by atoms with Crippen LogP contribution in [0.4, 0.5) is 0 Å². The standard InChI is InChI=1S/C2H2O4.2NO.Pd/c3-1(4)2(5)6;2*1-2;/h(H,3,4)(H,5,6);;;/q;2*-1;+4/p-2. The van der Waals surface area contributed by atoms with Crippen LogP contribution in [0.5, 0.6) is 0 Å². The molecule has 0 aliphatic heterocycles. The Morgan fingerprint density at radius 3 is 1.27 bits per heavy atom. The van der Waals surface area contributed by atoms with E-state index in [2.05, 4.69) is 7.62 Å². The van der Waals surface area contributed by atoms with Gasteiger partial charge in [-0.1, -0.05) is 0 Å². The van der Waals surface area contributed by atoms with Gasteiger partial charge in [0.05, 0.1) is 11.9 Å². The molecule has 0 aromatic heterocycles. The molecule has 0 unspecified atom stereocenters. The molecular formula is C2N2O6Pd. The molecule has 8 nitrogen and oxygen atoms in total. The molecule has 0 saturated heterocycles. The molecule has 0 aliphatic rings. The number of carbonyl (C=O) groups excluding carboxylic acids is 2. The number of nitroso groups, excluding NO2 is 2. The molecule has 64 valence electrons. The summed E-state index contributed by atoms with van der Waals surface area (Å²) in [5.74, 6) is -4.37. The summed E-state index contributed by atoms with van der Waals surface area (Å²) in [6.45, 7) is 0. The number of aliphatic carboxylic acids is 2. The molecule has 0 heterocycles. The molecular weight excluding hydrogens is 254 g/mol. The first kappa shape index (κ1) is 12.5. The molecule has 11 heavy (non-hydrogen) atoms. The van der Waals surface area contributed by atoms with Crippen molar-refractivity contribution in [1.82, 2.24) is 0 Å². The van der Waals surface area contributed by atoms with Gasteiger partial charge in [-0.15, -0.1) is 0 Å². The average Bonchev–Trinajstić information content (AvgIpc) is 1.90. The Hall–Kier alpha value is -1.20. The van der Waals surface area contributed by atoms with Crippen molar-refractivity contribution in [3.63, 3.8) is 0 Å². The van der Waals surface area contributed by atoms with Crippen LogP contribution in [0.3, 0.4) is 0 Å². The van der Waals surface area contributed by atoms with Crippen molar-refractivity contribution in [2.75, 3.05) is 0 Å². The quantitative estimate of drug-likeness (QED) is 0.291. The Morgan fingerprint density at radius 2 is 1.27 bits per heavy atom. The first-order valence-corrected chi connectivity index (χ1v) is 3.10. The predicted molar refractivity (Wildman–Crippen MR) is 21.6 cm³/mol. The van der Waals surface area contributed by atoms with Crippen LogP contribution in [0.1, 0.15) is 0 Å². The zero-order valence-electron chi connectivity index (χ0n) is 4.66. The fourth-order valence-corrected chi connectivity index (χ4v) is 0.0624. The van der Waals surface area contributed by atoms with E-state index in [1.54, 1.807) is 0 Å². The van der Waals surface area contributed by atoms with Crippen molar-refractivity contribution in [3.8, 4) is 0 Å². The van der Waals surface area contributed by atoms with Gasteiger partial charge in [0.15, 0.2) is 0 Å². The second kappa shape index (κ2) is 8.80. The van der Waals surface area contributed by atoms with Crippen molar-refractivity contribution >= 4 is 11.9 Å². The summed E-state index contributed by atoms with van der Waals surface area (Å²) in [6, 6.07) is 0. The van der Waals surface area contributed by atoms with E-state index in [9.17, 15) is 0 Å². The van der Waals surface area contributed by atoms with Crippen LogP contribution in [0, 0.1) is 9.81 Å². The number of carboxylic acids is 2. The molecule has 0 aromatic rings. The summed E-state index contributed by atoms with van der Waals surface area (Å²) < 4.78 is 4.35. The second-order valence-electron chi connectivity index (χ2n) is 0.754. The van der Waals surface area contributed by atoms with Gasteiger partial charge in [0, 0.05) is 0 Å². The number of rotatable bonds is 2. The normalized spacial score (nSPS) is 7.27. The Labute approximate surface area is 68.3 Å². The van der Waals surface area contributed by atoms with Gasteiger partial charge in [0.2, 0.25) is 0 Å². The first-order valence-electron chi connectivity index (χ1n) is 1.71. The van der Waals surface area contributed by atoms with Crippen molar-refractivity contribution in [2.24, 2.45) is 7.62 Å². The summed E-state index contributed by atoms with van der Waals surface area (Å²) in [6.07, 6.45) is 0. The van der Waals surface area contributed by atoms with Crippen LogP contribution < -0.4 is 10.2 Å². The van der Waals surface area contributed by atoms with E-state index in [1.165, 1.54) is 0 Å². The molecule has 0 rings (SSSR count). The van der Waals surface area contributed by atoms with E-state index in [-0.39, 0.29) is 0 Å². The van der Waals surface area contributed by atoms with E-state index in [0.717, 1.165) is 0 Å². The van der Waals surface area contributed by atoms with E-state index >= 15 is 0 Å². The van der Waals surface area contributed by atoms with Crippen molar-refractivity contribution in [2.45, 2.75) is 0 Å². The Morgan fingerprint density at radius 1 is 1.00 bits per heavy atom. The number of carboxylic acid groups (broad SMARTS) is 2. The zero-order chi connectivity index (χ0) is 9.28. The molecule has 0 saturated carbocycles. The second-order valence-corrected chi connectivity index (χ2v) is 1.63. The average molecular weight is 254 g/mol. The number of nitrogens with zero attached hydrogens (tertiary/aromatic N) is 2. The molecule has 0 fully saturated rings. The fourth-order valence-electron chi connectivity index (χ4n) is 0.0105. The summed E-state index contributed by atoms with van der Waals surface area (Å²) in [7, 11) is 0. The Bertz CT molecular complexity index is 150. The zero-order valence-corrected chi connectivity index (χ0v) is 6.21. The van der Waals surface area contributed by atoms with Crippen LogP contribution >= 0.6 is 0 Å². The molecule has 9 heteroatoms. The molecule has 0 atom stereocenters. The van der Waals surface area contributed by atoms with Gasteiger partial charge >= 0.3 is 35.9 Å². The van der Waals surface area contributed by atoms with Crippen LogP contribution in [0.2, 0.25) is 0 Å². The van der Waals surface area contributed by atoms with Gasteiger partial charge in [0.1, 0.15) is 0 Å². The van der Waals surface area contributed by atoms with Gasteiger partial charge in [-0.25, -0.2) is 0 Å². The third-order valence-corrected chi connectivity index (χ3v) is 0.472. The number of hydrogen-bond donors (Lipinski definition) is 0. The summed E-state index contributed by atoms with van der Waals surface area (Å²) in [5, 5.41) is 17.9. The number of hydrogen-bond acceptors (Lipinski definition) is 8. The Kier molecular flexibility index (Phi) is 9.98. The van der Waals surface area contributed by atoms with Crippen LogP contribution in [-0.2, 0) is 28.1 Å². The van der Waals surface area contributed by atoms with Crippen molar-refractivity contribution in [3.05, 3.63) is 9.81 Å². The first-order chi connectivity index (χ1) is 5.06. The third kappa shape index (κ3) is 17.7. The molecule has 0 amide bonds. The van der Waals surface area contributed by atoms with Gasteiger partial charge in [0.25, 0.3) is 0 Å². The summed E-state index contributed by atoms with van der Waals surface area (Å²) >= 11 is -0.817. The summed E-state index contributed by atoms with van der Waals surface area (Å²) in [5.41, 5.74) is 0. The van der Waals surface area contributed by atoms with Crippen LogP contribution in [0.25, 0.3) is 0 Å². The maximum absolute atomic E-state index is 8.93. The SMILES string of the molecule is O=C([O-])C(=O)[O-].O=[N][Pd+2][N]=O. The predicted octanol–water partition coefficient (Wildman–Crippen LogP) is -3.08.